The number of likely N-dealkylation sites (N-methyl/N-ethyl adjacent to an activating group) is 1. The van der Waals surface area contributed by atoms with E-state index >= 15 is 0 Å². The highest BCUT2D eigenvalue weighted by Gasteiger charge is 2.39. The topological polar surface area (TPSA) is 86.7 Å². The molecule has 0 aliphatic rings. The highest BCUT2D eigenvalue weighted by molar-refractivity contribution is 7.89. The van der Waals surface area contributed by atoms with Crippen LogP contribution in [0.25, 0.3) is 0 Å². The molecule has 0 aromatic heterocycles. The summed E-state index contributed by atoms with van der Waals surface area (Å²) in [5.41, 5.74) is 3.97. The molecule has 0 fully saturated rings. The Hall–Kier alpha value is -1.65. The number of alkyl halides is 3. The second-order valence-electron chi connectivity index (χ2n) is 7.09. The van der Waals surface area contributed by atoms with E-state index in [1.54, 1.807) is 13.8 Å². The molecular formula is C19H29F3N2O4S. The second-order valence-corrected chi connectivity index (χ2v) is 8.80. The van der Waals surface area contributed by atoms with Crippen LogP contribution in [-0.4, -0.2) is 56.2 Å². The van der Waals surface area contributed by atoms with E-state index in [1.165, 1.54) is 6.92 Å². The van der Waals surface area contributed by atoms with Crippen molar-refractivity contribution in [2.75, 3.05) is 19.6 Å². The predicted octanol–water partition coefficient (Wildman–Crippen LogP) is 2.67. The normalized spacial score (nSPS) is 13.4. The number of amides is 1. The summed E-state index contributed by atoms with van der Waals surface area (Å²) in [6.07, 6.45) is -7.79. The first-order chi connectivity index (χ1) is 13.1. The Morgan fingerprint density at radius 1 is 1.03 bits per heavy atom. The fourth-order valence-electron chi connectivity index (χ4n) is 3.11. The number of halogens is 3. The van der Waals surface area contributed by atoms with Crippen LogP contribution in [-0.2, 0) is 14.8 Å². The monoisotopic (exact) mass is 438 g/mol. The summed E-state index contributed by atoms with van der Waals surface area (Å²) in [4.78, 5) is 13.2. The number of hydrogen-bond acceptors (Lipinski definition) is 4. The molecule has 0 saturated carbocycles. The summed E-state index contributed by atoms with van der Waals surface area (Å²) in [5.74, 6) is -0.678. The quantitative estimate of drug-likeness (QED) is 0.653. The van der Waals surface area contributed by atoms with Gasteiger partial charge in [0.2, 0.25) is 15.9 Å². The highest BCUT2D eigenvalue weighted by atomic mass is 32.2. The third-order valence-electron chi connectivity index (χ3n) is 5.34. The Morgan fingerprint density at radius 2 is 1.48 bits per heavy atom. The average molecular weight is 439 g/mol. The zero-order chi connectivity index (χ0) is 22.7. The van der Waals surface area contributed by atoms with E-state index in [9.17, 15) is 26.4 Å². The molecule has 1 rings (SSSR count). The van der Waals surface area contributed by atoms with E-state index in [1.807, 2.05) is 20.8 Å². The average Bonchev–Trinajstić information content (AvgIpc) is 2.61. The lowest BCUT2D eigenvalue weighted by Crippen LogP contribution is -2.44. The van der Waals surface area contributed by atoms with Gasteiger partial charge in [0.05, 0.1) is 11.4 Å². The van der Waals surface area contributed by atoms with Crippen molar-refractivity contribution in [1.82, 2.24) is 9.62 Å². The molecular weight excluding hydrogens is 409 g/mol. The van der Waals surface area contributed by atoms with Crippen molar-refractivity contribution in [3.63, 3.8) is 0 Å². The van der Waals surface area contributed by atoms with E-state index in [4.69, 9.17) is 5.11 Å². The minimum Gasteiger partial charge on any atom is -0.382 e. The first-order valence-electron chi connectivity index (χ1n) is 9.24. The number of aliphatic hydroxyl groups is 1. The smallest absolute Gasteiger partial charge is 0.382 e. The lowest BCUT2D eigenvalue weighted by Gasteiger charge is -2.25. The van der Waals surface area contributed by atoms with E-state index in [0.29, 0.717) is 11.1 Å². The lowest BCUT2D eigenvalue weighted by molar-refractivity contribution is -0.208. The van der Waals surface area contributed by atoms with Crippen LogP contribution in [0.5, 0.6) is 0 Å². The lowest BCUT2D eigenvalue weighted by atomic mass is 9.95. The van der Waals surface area contributed by atoms with Crippen LogP contribution >= 0.6 is 0 Å². The van der Waals surface area contributed by atoms with Gasteiger partial charge < -0.3 is 10.0 Å². The molecule has 10 heteroatoms. The summed E-state index contributed by atoms with van der Waals surface area (Å²) in [7, 11) is -3.91. The van der Waals surface area contributed by atoms with Crippen molar-refractivity contribution in [2.24, 2.45) is 0 Å². The summed E-state index contributed by atoms with van der Waals surface area (Å²) < 4.78 is 65.4. The van der Waals surface area contributed by atoms with Crippen LogP contribution < -0.4 is 4.72 Å². The summed E-state index contributed by atoms with van der Waals surface area (Å²) in [6.45, 7) is 9.32. The molecule has 0 heterocycles. The van der Waals surface area contributed by atoms with Crippen LogP contribution in [0.4, 0.5) is 13.2 Å². The van der Waals surface area contributed by atoms with E-state index in [-0.39, 0.29) is 24.4 Å². The highest BCUT2D eigenvalue weighted by Crippen LogP contribution is 2.29. The first kappa shape index (κ1) is 25.4. The van der Waals surface area contributed by atoms with E-state index in [2.05, 4.69) is 4.72 Å². The molecule has 29 heavy (non-hydrogen) atoms. The predicted molar refractivity (Wildman–Crippen MR) is 104 cm³/mol. The van der Waals surface area contributed by atoms with Crippen LogP contribution in [0.1, 0.15) is 41.2 Å². The second kappa shape index (κ2) is 9.44. The number of sulfonamides is 1. The molecule has 1 unspecified atom stereocenters. The number of benzene rings is 1. The van der Waals surface area contributed by atoms with Crippen LogP contribution in [0.15, 0.2) is 4.90 Å². The van der Waals surface area contributed by atoms with Gasteiger partial charge in [0, 0.05) is 19.5 Å². The molecule has 0 aliphatic carbocycles. The minimum atomic E-state index is -4.83. The molecule has 2 N–H and O–H groups in total. The Labute approximate surface area is 170 Å². The van der Waals surface area contributed by atoms with Gasteiger partial charge in [-0.3, -0.25) is 4.79 Å². The van der Waals surface area contributed by atoms with E-state index in [0.717, 1.165) is 21.6 Å². The molecule has 6 nitrogen and oxygen atoms in total. The first-order valence-corrected chi connectivity index (χ1v) is 10.7. The number of hydrogen-bond donors (Lipinski definition) is 2. The van der Waals surface area contributed by atoms with Gasteiger partial charge in [0.15, 0.2) is 6.10 Å². The van der Waals surface area contributed by atoms with Gasteiger partial charge in [-0.2, -0.15) is 13.2 Å². The molecule has 0 radical (unpaired) electrons. The van der Waals surface area contributed by atoms with Gasteiger partial charge in [-0.05, 0) is 69.4 Å². The van der Waals surface area contributed by atoms with Crippen LogP contribution in [0.3, 0.4) is 0 Å². The van der Waals surface area contributed by atoms with Gasteiger partial charge in [0.1, 0.15) is 0 Å². The van der Waals surface area contributed by atoms with Crippen molar-refractivity contribution in [2.45, 2.75) is 65.1 Å². The summed E-state index contributed by atoms with van der Waals surface area (Å²) in [5, 5.41) is 9.14. The van der Waals surface area contributed by atoms with Gasteiger partial charge in [-0.15, -0.1) is 0 Å². The number of aliphatic hydroxyl groups excluding tert-OH is 1. The molecule has 1 amide bonds. The van der Waals surface area contributed by atoms with Crippen LogP contribution in [0, 0.1) is 34.6 Å². The molecule has 1 atom stereocenters. The minimum absolute atomic E-state index is 0.0344. The molecule has 1 aromatic carbocycles. The maximum absolute atomic E-state index is 12.8. The largest absolute Gasteiger partial charge is 0.416 e. The van der Waals surface area contributed by atoms with Gasteiger partial charge in [-0.1, -0.05) is 0 Å². The number of nitrogens with one attached hydrogen (secondary N) is 1. The maximum Gasteiger partial charge on any atom is 0.416 e. The summed E-state index contributed by atoms with van der Waals surface area (Å²) >= 11 is 0. The SMILES string of the molecule is CCN(CC(O)C(F)(F)F)C(=O)CCNS(=O)(=O)c1c(C)c(C)c(C)c(C)c1C. The van der Waals surface area contributed by atoms with Crippen molar-refractivity contribution in [3.05, 3.63) is 27.8 Å². The van der Waals surface area contributed by atoms with Crippen molar-refractivity contribution in [3.8, 4) is 0 Å². The fourth-order valence-corrected chi connectivity index (χ4v) is 4.74. The third kappa shape index (κ3) is 5.93. The Bertz CT molecular complexity index is 838. The molecule has 166 valence electrons. The van der Waals surface area contributed by atoms with Gasteiger partial charge >= 0.3 is 6.18 Å². The number of nitrogens with zero attached hydrogens (tertiary/aromatic N) is 1. The molecule has 1 aromatic rings. The zero-order valence-electron chi connectivity index (χ0n) is 17.6. The Morgan fingerprint density at radius 3 is 1.90 bits per heavy atom. The molecule has 0 bridgehead atoms. The van der Waals surface area contributed by atoms with Crippen molar-refractivity contribution < 1.29 is 31.5 Å². The number of rotatable bonds is 8. The summed E-state index contributed by atoms with van der Waals surface area (Å²) in [6, 6.07) is 0. The molecule has 0 aliphatic heterocycles. The fraction of sp³-hybridized carbons (Fsp3) is 0.632. The van der Waals surface area contributed by atoms with Crippen molar-refractivity contribution in [1.29, 1.82) is 0 Å². The van der Waals surface area contributed by atoms with Crippen molar-refractivity contribution >= 4 is 15.9 Å². The number of carbonyl (C=O) groups excluding carboxylic acids is 1. The zero-order valence-corrected chi connectivity index (χ0v) is 18.4. The molecule has 0 spiro atoms. The Kier molecular flexibility index (Phi) is 8.26. The molecule has 0 saturated heterocycles. The number of carbonyl (C=O) groups is 1. The maximum atomic E-state index is 12.8. The van der Waals surface area contributed by atoms with Crippen LogP contribution in [0.2, 0.25) is 0 Å². The standard InChI is InChI=1S/C19H29F3N2O4S/c1-7-24(10-16(25)19(20,21)22)17(26)8-9-23-29(27,28)18-14(5)12(3)11(2)13(4)15(18)6/h16,23,25H,7-10H2,1-6H3. The van der Waals surface area contributed by atoms with Gasteiger partial charge in [-0.25, -0.2) is 13.1 Å². The van der Waals surface area contributed by atoms with E-state index < -0.39 is 34.8 Å². The third-order valence-corrected chi connectivity index (χ3v) is 7.07. The Balaban J connectivity index is 2.90. The van der Waals surface area contributed by atoms with Gasteiger partial charge in [0.25, 0.3) is 0 Å².